The normalized spacial score (nSPS) is 15.5. The fraction of sp³-hybridized carbons (Fsp3) is 0.450. The van der Waals surface area contributed by atoms with E-state index in [0.29, 0.717) is 11.8 Å². The summed E-state index contributed by atoms with van der Waals surface area (Å²) in [6.45, 7) is 1.93. The maximum atomic E-state index is 12.6. The molecule has 1 aromatic carbocycles. The summed E-state index contributed by atoms with van der Waals surface area (Å²) in [5.74, 6) is 0.400. The van der Waals surface area contributed by atoms with Crippen LogP contribution in [-0.2, 0) is 16.6 Å². The van der Waals surface area contributed by atoms with Crippen LogP contribution in [0.15, 0.2) is 36.7 Å². The number of ether oxygens (including phenoxy) is 1. The number of rotatable bonds is 9. The van der Waals surface area contributed by atoms with Crippen LogP contribution in [0.5, 0.6) is 5.75 Å². The van der Waals surface area contributed by atoms with Gasteiger partial charge in [0.1, 0.15) is 11.8 Å². The smallest absolute Gasteiger partial charge is 0.258 e. The largest absolute Gasteiger partial charge is 0.484 e. The minimum Gasteiger partial charge on any atom is -0.484 e. The van der Waals surface area contributed by atoms with Gasteiger partial charge >= 0.3 is 0 Å². The van der Waals surface area contributed by atoms with Crippen molar-refractivity contribution in [1.29, 1.82) is 0 Å². The van der Waals surface area contributed by atoms with Gasteiger partial charge in [0.2, 0.25) is 5.91 Å². The Morgan fingerprint density at radius 2 is 1.96 bits per heavy atom. The Bertz CT molecular complexity index is 814. The molecular formula is C20H27N5O3. The van der Waals surface area contributed by atoms with Gasteiger partial charge in [-0.1, -0.05) is 12.1 Å². The molecule has 8 heteroatoms. The van der Waals surface area contributed by atoms with Gasteiger partial charge in [-0.25, -0.2) is 0 Å². The SMILES string of the molecule is CNC(C(=O)NC(C)c1ccc(OCC(=O)NC2CC2)cc1)c1cnn(C)c1. The van der Waals surface area contributed by atoms with Gasteiger partial charge in [0.15, 0.2) is 6.61 Å². The minimum atomic E-state index is -0.469. The quantitative estimate of drug-likeness (QED) is 0.603. The summed E-state index contributed by atoms with van der Waals surface area (Å²) in [5, 5.41) is 13.0. The number of nitrogens with zero attached hydrogens (tertiary/aromatic N) is 2. The van der Waals surface area contributed by atoms with E-state index in [2.05, 4.69) is 21.0 Å². The highest BCUT2D eigenvalue weighted by Crippen LogP contribution is 2.20. The van der Waals surface area contributed by atoms with E-state index in [0.717, 1.165) is 24.0 Å². The van der Waals surface area contributed by atoms with Crippen LogP contribution in [0.1, 0.15) is 43.0 Å². The molecule has 8 nitrogen and oxygen atoms in total. The molecule has 3 N–H and O–H groups in total. The topological polar surface area (TPSA) is 97.3 Å². The molecule has 1 aromatic heterocycles. The molecule has 0 bridgehead atoms. The Kier molecular flexibility index (Phi) is 6.30. The van der Waals surface area contributed by atoms with Crippen molar-refractivity contribution < 1.29 is 14.3 Å². The molecule has 3 rings (SSSR count). The van der Waals surface area contributed by atoms with Gasteiger partial charge in [0.05, 0.1) is 12.2 Å². The fourth-order valence-corrected chi connectivity index (χ4v) is 2.92. The van der Waals surface area contributed by atoms with E-state index in [-0.39, 0.29) is 24.5 Å². The lowest BCUT2D eigenvalue weighted by Crippen LogP contribution is -2.37. The molecule has 2 atom stereocenters. The van der Waals surface area contributed by atoms with Gasteiger partial charge in [0, 0.05) is 24.8 Å². The number of hydrogen-bond acceptors (Lipinski definition) is 5. The number of carbonyl (C=O) groups is 2. The van der Waals surface area contributed by atoms with Crippen LogP contribution in [0, 0.1) is 0 Å². The summed E-state index contributed by atoms with van der Waals surface area (Å²) in [6.07, 6.45) is 5.60. The zero-order valence-electron chi connectivity index (χ0n) is 16.4. The Morgan fingerprint density at radius 3 is 2.54 bits per heavy atom. The Balaban J connectivity index is 1.52. The van der Waals surface area contributed by atoms with Gasteiger partial charge in [-0.05, 0) is 44.5 Å². The predicted molar refractivity (Wildman–Crippen MR) is 105 cm³/mol. The summed E-state index contributed by atoms with van der Waals surface area (Å²) in [6, 6.07) is 7.07. The molecule has 1 heterocycles. The van der Waals surface area contributed by atoms with Crippen molar-refractivity contribution in [2.75, 3.05) is 13.7 Å². The highest BCUT2D eigenvalue weighted by Gasteiger charge is 2.23. The van der Waals surface area contributed by atoms with E-state index in [1.54, 1.807) is 30.1 Å². The Labute approximate surface area is 164 Å². The highest BCUT2D eigenvalue weighted by molar-refractivity contribution is 5.83. The number of likely N-dealkylation sites (N-methyl/N-ethyl adjacent to an activating group) is 1. The number of nitrogens with one attached hydrogen (secondary N) is 3. The molecule has 1 fully saturated rings. The number of aryl methyl sites for hydroxylation is 1. The van der Waals surface area contributed by atoms with Crippen LogP contribution in [0.2, 0.25) is 0 Å². The third kappa shape index (κ3) is 5.32. The Hall–Kier alpha value is -2.87. The lowest BCUT2D eigenvalue weighted by molar-refractivity contribution is -0.124. The summed E-state index contributed by atoms with van der Waals surface area (Å²) in [5.41, 5.74) is 1.76. The van der Waals surface area contributed by atoms with Crippen molar-refractivity contribution in [3.05, 3.63) is 47.8 Å². The second-order valence-corrected chi connectivity index (χ2v) is 7.10. The third-order valence-electron chi connectivity index (χ3n) is 4.66. The van der Waals surface area contributed by atoms with Crippen LogP contribution < -0.4 is 20.7 Å². The molecule has 2 unspecified atom stereocenters. The summed E-state index contributed by atoms with van der Waals surface area (Å²) < 4.78 is 7.18. The van der Waals surface area contributed by atoms with Crippen molar-refractivity contribution in [3.63, 3.8) is 0 Å². The zero-order chi connectivity index (χ0) is 20.1. The first kappa shape index (κ1) is 19.9. The second-order valence-electron chi connectivity index (χ2n) is 7.10. The summed E-state index contributed by atoms with van der Waals surface area (Å²) in [4.78, 5) is 24.3. The van der Waals surface area contributed by atoms with Gasteiger partial charge < -0.3 is 20.7 Å². The molecule has 2 amide bonds. The van der Waals surface area contributed by atoms with E-state index >= 15 is 0 Å². The van der Waals surface area contributed by atoms with Crippen molar-refractivity contribution in [3.8, 4) is 5.75 Å². The van der Waals surface area contributed by atoms with Crippen molar-refractivity contribution in [1.82, 2.24) is 25.7 Å². The predicted octanol–water partition coefficient (Wildman–Crippen LogP) is 1.22. The number of hydrogen-bond donors (Lipinski definition) is 3. The molecule has 1 saturated carbocycles. The van der Waals surface area contributed by atoms with E-state index in [1.165, 1.54) is 0 Å². The van der Waals surface area contributed by atoms with E-state index in [4.69, 9.17) is 4.74 Å². The van der Waals surface area contributed by atoms with Crippen molar-refractivity contribution >= 4 is 11.8 Å². The van der Waals surface area contributed by atoms with Gasteiger partial charge in [-0.15, -0.1) is 0 Å². The van der Waals surface area contributed by atoms with Crippen LogP contribution in [0.4, 0.5) is 0 Å². The van der Waals surface area contributed by atoms with Crippen LogP contribution in [0.3, 0.4) is 0 Å². The molecule has 0 radical (unpaired) electrons. The molecule has 0 aliphatic heterocycles. The average molecular weight is 385 g/mol. The number of aromatic nitrogens is 2. The third-order valence-corrected chi connectivity index (χ3v) is 4.66. The highest BCUT2D eigenvalue weighted by atomic mass is 16.5. The van der Waals surface area contributed by atoms with E-state index in [1.807, 2.05) is 32.3 Å². The molecule has 2 aromatic rings. The molecule has 150 valence electrons. The zero-order valence-corrected chi connectivity index (χ0v) is 16.4. The first-order valence-corrected chi connectivity index (χ1v) is 9.44. The first-order valence-electron chi connectivity index (χ1n) is 9.44. The van der Waals surface area contributed by atoms with Crippen LogP contribution >= 0.6 is 0 Å². The van der Waals surface area contributed by atoms with E-state index < -0.39 is 6.04 Å². The van der Waals surface area contributed by atoms with Crippen molar-refractivity contribution in [2.45, 2.75) is 37.9 Å². The minimum absolute atomic E-state index is 0.0110. The average Bonchev–Trinajstić information content (AvgIpc) is 3.39. The lowest BCUT2D eigenvalue weighted by atomic mass is 10.1. The second kappa shape index (κ2) is 8.88. The van der Waals surface area contributed by atoms with Gasteiger partial charge in [0.25, 0.3) is 5.91 Å². The summed E-state index contributed by atoms with van der Waals surface area (Å²) in [7, 11) is 3.56. The number of amides is 2. The number of benzene rings is 1. The maximum Gasteiger partial charge on any atom is 0.258 e. The maximum absolute atomic E-state index is 12.6. The molecule has 0 saturated heterocycles. The molecule has 1 aliphatic rings. The van der Waals surface area contributed by atoms with Gasteiger partial charge in [-0.2, -0.15) is 5.10 Å². The van der Waals surface area contributed by atoms with E-state index in [9.17, 15) is 9.59 Å². The van der Waals surface area contributed by atoms with Gasteiger partial charge in [-0.3, -0.25) is 14.3 Å². The van der Waals surface area contributed by atoms with Crippen molar-refractivity contribution in [2.24, 2.45) is 7.05 Å². The first-order chi connectivity index (χ1) is 13.5. The molecular weight excluding hydrogens is 358 g/mol. The van der Waals surface area contributed by atoms with Crippen LogP contribution in [-0.4, -0.2) is 41.3 Å². The Morgan fingerprint density at radius 1 is 1.25 bits per heavy atom. The number of carbonyl (C=O) groups excluding carboxylic acids is 2. The summed E-state index contributed by atoms with van der Waals surface area (Å²) >= 11 is 0. The lowest BCUT2D eigenvalue weighted by Gasteiger charge is -2.19. The molecule has 0 spiro atoms. The fourth-order valence-electron chi connectivity index (χ4n) is 2.92. The molecule has 1 aliphatic carbocycles. The molecule has 28 heavy (non-hydrogen) atoms. The van der Waals surface area contributed by atoms with Crippen LogP contribution in [0.25, 0.3) is 0 Å². The monoisotopic (exact) mass is 385 g/mol. The standard InChI is InChI=1S/C20H27N5O3/c1-13(23-20(27)19(21-2)15-10-22-25(3)11-15)14-4-8-17(9-5-14)28-12-18(26)24-16-6-7-16/h4-5,8-11,13,16,19,21H,6-7,12H2,1-3H3,(H,23,27)(H,24,26).